The average Bonchev–Trinajstić information content (AvgIpc) is 2.62. The zero-order valence-electron chi connectivity index (χ0n) is 16.4. The van der Waals surface area contributed by atoms with Crippen LogP contribution in [0.4, 0.5) is 5.95 Å². The lowest BCUT2D eigenvalue weighted by Crippen LogP contribution is -2.34. The van der Waals surface area contributed by atoms with E-state index in [0.29, 0.717) is 27.7 Å². The topological polar surface area (TPSA) is 59.8 Å². The van der Waals surface area contributed by atoms with Gasteiger partial charge in [-0.3, -0.25) is 9.36 Å². The van der Waals surface area contributed by atoms with Gasteiger partial charge in [0.15, 0.2) is 0 Å². The maximum absolute atomic E-state index is 12.9. The van der Waals surface area contributed by atoms with Crippen LogP contribution in [0, 0.1) is 5.41 Å². The molecule has 0 amide bonds. The molecule has 1 aromatic carbocycles. The van der Waals surface area contributed by atoms with Crippen LogP contribution in [-0.2, 0) is 7.05 Å². The van der Waals surface area contributed by atoms with Crippen LogP contribution >= 0.6 is 11.6 Å². The van der Waals surface area contributed by atoms with Gasteiger partial charge in [0, 0.05) is 40.8 Å². The first-order chi connectivity index (χ1) is 12.7. The number of nitrogens with one attached hydrogen (secondary N) is 1. The van der Waals surface area contributed by atoms with Crippen molar-refractivity contribution in [2.24, 2.45) is 12.5 Å². The van der Waals surface area contributed by atoms with Crippen molar-refractivity contribution in [2.75, 3.05) is 5.32 Å². The first-order valence-electron chi connectivity index (χ1n) is 9.10. The van der Waals surface area contributed by atoms with E-state index in [1.54, 1.807) is 23.9 Å². The Kier molecular flexibility index (Phi) is 5.24. The number of anilines is 1. The van der Waals surface area contributed by atoms with Crippen LogP contribution in [0.1, 0.15) is 34.1 Å². The molecule has 0 radical (unpaired) electrons. The Balaban J connectivity index is 2.09. The molecule has 0 aliphatic rings. The molecule has 0 bridgehead atoms. The summed E-state index contributed by atoms with van der Waals surface area (Å²) < 4.78 is 1.55. The van der Waals surface area contributed by atoms with Crippen molar-refractivity contribution in [3.8, 4) is 11.1 Å². The highest BCUT2D eigenvalue weighted by Gasteiger charge is 2.23. The first-order valence-corrected chi connectivity index (χ1v) is 9.48. The molecule has 3 aromatic rings. The second-order valence-corrected chi connectivity index (χ2v) is 8.25. The SMILES string of the molecule is CCC(Nc1ncc2cc(-c3ccccc3Cl)c(=O)n(C)c2n1)C(C)(C)C. The molecule has 0 fully saturated rings. The number of fused-ring (bicyclic) bond motifs is 1. The maximum Gasteiger partial charge on any atom is 0.259 e. The lowest BCUT2D eigenvalue weighted by Gasteiger charge is -2.30. The third kappa shape index (κ3) is 3.83. The molecule has 0 saturated carbocycles. The summed E-state index contributed by atoms with van der Waals surface area (Å²) in [6.07, 6.45) is 2.70. The summed E-state index contributed by atoms with van der Waals surface area (Å²) in [5.74, 6) is 0.532. The third-order valence-electron chi connectivity index (χ3n) is 4.87. The Morgan fingerprint density at radius 3 is 2.56 bits per heavy atom. The summed E-state index contributed by atoms with van der Waals surface area (Å²) >= 11 is 6.29. The van der Waals surface area contributed by atoms with E-state index in [-0.39, 0.29) is 17.0 Å². The van der Waals surface area contributed by atoms with Gasteiger partial charge in [0.1, 0.15) is 5.65 Å². The normalized spacial score (nSPS) is 13.0. The minimum atomic E-state index is -0.136. The number of aromatic nitrogens is 3. The quantitative estimate of drug-likeness (QED) is 0.696. The summed E-state index contributed by atoms with van der Waals surface area (Å²) in [7, 11) is 1.73. The second-order valence-electron chi connectivity index (χ2n) is 7.85. The molecule has 2 heterocycles. The van der Waals surface area contributed by atoms with Gasteiger partial charge in [-0.05, 0) is 24.0 Å². The second kappa shape index (κ2) is 7.31. The molecule has 142 valence electrons. The Hall–Kier alpha value is -2.40. The fraction of sp³-hybridized carbons (Fsp3) is 0.381. The summed E-state index contributed by atoms with van der Waals surface area (Å²) in [6, 6.07) is 9.38. The van der Waals surface area contributed by atoms with Crippen molar-refractivity contribution in [1.82, 2.24) is 14.5 Å². The third-order valence-corrected chi connectivity index (χ3v) is 5.20. The minimum Gasteiger partial charge on any atom is -0.351 e. The highest BCUT2D eigenvalue weighted by molar-refractivity contribution is 6.33. The van der Waals surface area contributed by atoms with E-state index in [1.807, 2.05) is 24.3 Å². The Bertz CT molecular complexity index is 1040. The fourth-order valence-corrected chi connectivity index (χ4v) is 3.51. The molecular formula is C21H25ClN4O. The van der Waals surface area contributed by atoms with Crippen LogP contribution in [0.2, 0.25) is 5.02 Å². The molecule has 1 unspecified atom stereocenters. The predicted octanol–water partition coefficient (Wildman–Crippen LogP) is 4.89. The number of hydrogen-bond donors (Lipinski definition) is 1. The molecule has 0 aliphatic carbocycles. The highest BCUT2D eigenvalue weighted by Crippen LogP contribution is 2.28. The number of hydrogen-bond acceptors (Lipinski definition) is 4. The maximum atomic E-state index is 12.9. The molecule has 27 heavy (non-hydrogen) atoms. The number of benzene rings is 1. The van der Waals surface area contributed by atoms with Crippen LogP contribution in [0.3, 0.4) is 0 Å². The molecule has 1 N–H and O–H groups in total. The highest BCUT2D eigenvalue weighted by atomic mass is 35.5. The number of rotatable bonds is 4. The van der Waals surface area contributed by atoms with Crippen molar-refractivity contribution >= 4 is 28.6 Å². The molecule has 3 rings (SSSR count). The number of nitrogens with zero attached hydrogens (tertiary/aromatic N) is 3. The molecule has 5 nitrogen and oxygen atoms in total. The molecule has 0 spiro atoms. The van der Waals surface area contributed by atoms with Crippen LogP contribution in [0.5, 0.6) is 0 Å². The molecule has 0 saturated heterocycles. The monoisotopic (exact) mass is 384 g/mol. The zero-order chi connectivity index (χ0) is 19.8. The number of aryl methyl sites for hydroxylation is 1. The van der Waals surface area contributed by atoms with Gasteiger partial charge in [-0.1, -0.05) is 57.5 Å². The van der Waals surface area contributed by atoms with Crippen molar-refractivity contribution in [3.63, 3.8) is 0 Å². The standard InChI is InChI=1S/C21H25ClN4O/c1-6-17(21(2,3)4)24-20-23-12-13-11-15(14-9-7-8-10-16(14)22)19(27)26(5)18(13)25-20/h7-12,17H,6H2,1-5H3,(H,23,24,25). The van der Waals surface area contributed by atoms with E-state index in [1.165, 1.54) is 0 Å². The summed E-state index contributed by atoms with van der Waals surface area (Å²) in [5.41, 5.74) is 1.79. The van der Waals surface area contributed by atoms with E-state index in [9.17, 15) is 4.79 Å². The first kappa shape index (κ1) is 19.4. The van der Waals surface area contributed by atoms with E-state index >= 15 is 0 Å². The van der Waals surface area contributed by atoms with Gasteiger partial charge in [0.2, 0.25) is 5.95 Å². The zero-order valence-corrected chi connectivity index (χ0v) is 17.1. The van der Waals surface area contributed by atoms with Crippen LogP contribution in [0.25, 0.3) is 22.2 Å². The lowest BCUT2D eigenvalue weighted by molar-refractivity contribution is 0.332. The van der Waals surface area contributed by atoms with Crippen molar-refractivity contribution in [3.05, 3.63) is 51.9 Å². The van der Waals surface area contributed by atoms with Gasteiger partial charge in [0.25, 0.3) is 5.56 Å². The smallest absolute Gasteiger partial charge is 0.259 e. The largest absolute Gasteiger partial charge is 0.351 e. The number of pyridine rings is 1. The van der Waals surface area contributed by atoms with Gasteiger partial charge in [-0.2, -0.15) is 4.98 Å². The molecule has 6 heteroatoms. The van der Waals surface area contributed by atoms with Crippen molar-refractivity contribution in [1.29, 1.82) is 0 Å². The average molecular weight is 385 g/mol. The van der Waals surface area contributed by atoms with Crippen LogP contribution in [-0.4, -0.2) is 20.6 Å². The molecule has 0 aliphatic heterocycles. The Morgan fingerprint density at radius 2 is 1.93 bits per heavy atom. The van der Waals surface area contributed by atoms with Gasteiger partial charge >= 0.3 is 0 Å². The molecule has 1 atom stereocenters. The summed E-state index contributed by atoms with van der Waals surface area (Å²) in [6.45, 7) is 8.68. The van der Waals surface area contributed by atoms with E-state index in [0.717, 1.165) is 11.8 Å². The minimum absolute atomic E-state index is 0.0763. The van der Waals surface area contributed by atoms with Gasteiger partial charge < -0.3 is 5.32 Å². The van der Waals surface area contributed by atoms with Crippen LogP contribution in [0.15, 0.2) is 41.3 Å². The van der Waals surface area contributed by atoms with Gasteiger partial charge in [0.05, 0.1) is 0 Å². The Morgan fingerprint density at radius 1 is 1.22 bits per heavy atom. The fourth-order valence-electron chi connectivity index (χ4n) is 3.28. The van der Waals surface area contributed by atoms with Gasteiger partial charge in [-0.25, -0.2) is 4.98 Å². The van der Waals surface area contributed by atoms with E-state index in [4.69, 9.17) is 11.6 Å². The van der Waals surface area contributed by atoms with E-state index < -0.39 is 0 Å². The van der Waals surface area contributed by atoms with Gasteiger partial charge in [-0.15, -0.1) is 0 Å². The lowest BCUT2D eigenvalue weighted by atomic mass is 9.85. The number of halogens is 1. The molecular weight excluding hydrogens is 360 g/mol. The van der Waals surface area contributed by atoms with Crippen LogP contribution < -0.4 is 10.9 Å². The predicted molar refractivity (Wildman–Crippen MR) is 112 cm³/mol. The summed E-state index contributed by atoms with van der Waals surface area (Å²) in [5, 5.41) is 4.74. The molecule has 2 aromatic heterocycles. The Labute approximate surface area is 164 Å². The van der Waals surface area contributed by atoms with E-state index in [2.05, 4.69) is 43.0 Å². The van der Waals surface area contributed by atoms with Crippen molar-refractivity contribution in [2.45, 2.75) is 40.2 Å². The van der Waals surface area contributed by atoms with Crippen molar-refractivity contribution < 1.29 is 0 Å². The summed E-state index contributed by atoms with van der Waals surface area (Å²) in [4.78, 5) is 22.0.